The fraction of sp³-hybridized carbons (Fsp3) is 0.314. The van der Waals surface area contributed by atoms with Crippen molar-refractivity contribution in [2.45, 2.75) is 46.0 Å². The molecule has 3 aliphatic rings. The highest BCUT2D eigenvalue weighted by atomic mass is 19.1. The molecule has 244 valence electrons. The first-order valence-corrected chi connectivity index (χ1v) is 15.6. The van der Waals surface area contributed by atoms with Gasteiger partial charge in [0, 0.05) is 26.2 Å². The number of ether oxygens (including phenoxy) is 2. The number of halogens is 1. The summed E-state index contributed by atoms with van der Waals surface area (Å²) in [5.41, 5.74) is 4.34. The molecule has 1 fully saturated rings. The van der Waals surface area contributed by atoms with E-state index in [-0.39, 0.29) is 30.5 Å². The lowest BCUT2D eigenvalue weighted by molar-refractivity contribution is -0.123. The molecular weight excluding hydrogens is 603 g/mol. The van der Waals surface area contributed by atoms with E-state index in [4.69, 9.17) is 9.47 Å². The smallest absolute Gasteiger partial charge is 0.258 e. The third-order valence-electron chi connectivity index (χ3n) is 8.42. The number of anilines is 1. The molecule has 0 aliphatic carbocycles. The summed E-state index contributed by atoms with van der Waals surface area (Å²) in [6, 6.07) is 18.1. The summed E-state index contributed by atoms with van der Waals surface area (Å²) < 4.78 is 29.0. The SMILES string of the molecule is CCn1nc(C)c(NC(=O)CN2C[C@@H]3NC(=O)c4cc(ccc4F)-c4cccc(c4)OCC(=O)NCc4ccc(cc4)O[C@H]3C2)c1C. The Morgan fingerprint density at radius 3 is 2.57 bits per heavy atom. The fourth-order valence-corrected chi connectivity index (χ4v) is 5.96. The van der Waals surface area contributed by atoms with Gasteiger partial charge in [-0.3, -0.25) is 24.0 Å². The Labute approximate surface area is 272 Å². The summed E-state index contributed by atoms with van der Waals surface area (Å²) in [5, 5.41) is 13.3. The highest BCUT2D eigenvalue weighted by Crippen LogP contribution is 2.27. The monoisotopic (exact) mass is 640 g/mol. The maximum atomic E-state index is 15.1. The Kier molecular flexibility index (Phi) is 9.21. The Bertz CT molecular complexity index is 1810. The van der Waals surface area contributed by atoms with E-state index in [9.17, 15) is 14.4 Å². The molecule has 3 aliphatic heterocycles. The Morgan fingerprint density at radius 1 is 1.02 bits per heavy atom. The number of hydrogen-bond acceptors (Lipinski definition) is 7. The zero-order chi connectivity index (χ0) is 33.1. The summed E-state index contributed by atoms with van der Waals surface area (Å²) in [6.07, 6.45) is -0.533. The second-order valence-corrected chi connectivity index (χ2v) is 11.8. The fourth-order valence-electron chi connectivity index (χ4n) is 5.96. The van der Waals surface area contributed by atoms with Gasteiger partial charge in [0.05, 0.1) is 35.2 Å². The van der Waals surface area contributed by atoms with E-state index < -0.39 is 23.9 Å². The van der Waals surface area contributed by atoms with Gasteiger partial charge in [0.1, 0.15) is 23.4 Å². The van der Waals surface area contributed by atoms with Crippen LogP contribution in [0.1, 0.15) is 34.2 Å². The van der Waals surface area contributed by atoms with E-state index in [0.29, 0.717) is 54.5 Å². The minimum absolute atomic E-state index is 0.0588. The molecule has 7 rings (SSSR count). The summed E-state index contributed by atoms with van der Waals surface area (Å²) in [4.78, 5) is 41.1. The van der Waals surface area contributed by atoms with Gasteiger partial charge in [-0.1, -0.05) is 30.3 Å². The molecule has 47 heavy (non-hydrogen) atoms. The average Bonchev–Trinajstić information content (AvgIpc) is 3.56. The third kappa shape index (κ3) is 7.28. The number of carbonyl (C=O) groups excluding carboxylic acids is 3. The number of rotatable bonds is 4. The maximum Gasteiger partial charge on any atom is 0.258 e. The predicted molar refractivity (Wildman–Crippen MR) is 174 cm³/mol. The standard InChI is InChI=1S/C35H37FN6O5/c1-4-42-22(3)34(21(2)40-42)39-32(43)19-41-17-30-31(18-41)47-26-11-8-23(9-12-26)16-37-33(44)20-46-27-7-5-6-24(14-27)25-10-13-29(36)28(15-25)35(45)38-30/h5-15,30-31H,4,16-20H2,1-3H3,(H,37,44)(H,38,45)(H,39,43)/t30-,31-/m0/s1. The van der Waals surface area contributed by atoms with Crippen molar-refractivity contribution >= 4 is 23.4 Å². The molecule has 12 heteroatoms. The highest BCUT2D eigenvalue weighted by molar-refractivity contribution is 5.96. The molecule has 4 heterocycles. The molecule has 3 N–H and O–H groups in total. The normalized spacial score (nSPS) is 18.4. The first-order chi connectivity index (χ1) is 22.7. The molecule has 0 spiro atoms. The van der Waals surface area contributed by atoms with Gasteiger partial charge in [0.15, 0.2) is 6.61 Å². The van der Waals surface area contributed by atoms with E-state index in [1.807, 2.05) is 48.6 Å². The summed E-state index contributed by atoms with van der Waals surface area (Å²) in [6.45, 7) is 7.28. The number of aryl methyl sites for hydroxylation is 2. The van der Waals surface area contributed by atoms with Gasteiger partial charge >= 0.3 is 0 Å². The third-order valence-corrected chi connectivity index (χ3v) is 8.42. The number of nitrogens with zero attached hydrogens (tertiary/aromatic N) is 3. The number of carbonyl (C=O) groups is 3. The van der Waals surface area contributed by atoms with Crippen LogP contribution < -0.4 is 25.4 Å². The topological polar surface area (TPSA) is 127 Å². The molecule has 3 aromatic carbocycles. The number of fused-ring (bicyclic) bond motifs is 7. The molecule has 0 unspecified atom stereocenters. The van der Waals surface area contributed by atoms with Gasteiger partial charge in [-0.15, -0.1) is 0 Å². The summed E-state index contributed by atoms with van der Waals surface area (Å²) in [5.74, 6) is -0.747. The van der Waals surface area contributed by atoms with Crippen molar-refractivity contribution in [1.29, 1.82) is 0 Å². The van der Waals surface area contributed by atoms with Crippen molar-refractivity contribution < 1.29 is 28.2 Å². The molecule has 0 radical (unpaired) electrons. The lowest BCUT2D eigenvalue weighted by Gasteiger charge is -2.22. The highest BCUT2D eigenvalue weighted by Gasteiger charge is 2.37. The maximum absolute atomic E-state index is 15.1. The zero-order valence-corrected chi connectivity index (χ0v) is 26.5. The van der Waals surface area contributed by atoms with Crippen LogP contribution in [0.3, 0.4) is 0 Å². The molecule has 3 amide bonds. The Balaban J connectivity index is 1.26. The average molecular weight is 641 g/mol. The van der Waals surface area contributed by atoms with Crippen LogP contribution in [0.2, 0.25) is 0 Å². The van der Waals surface area contributed by atoms with Gasteiger partial charge in [0.2, 0.25) is 5.91 Å². The van der Waals surface area contributed by atoms with Crippen molar-refractivity contribution in [3.05, 3.63) is 95.1 Å². The second-order valence-electron chi connectivity index (χ2n) is 11.8. The number of benzene rings is 3. The van der Waals surface area contributed by atoms with Crippen molar-refractivity contribution in [3.63, 3.8) is 0 Å². The van der Waals surface area contributed by atoms with Crippen molar-refractivity contribution in [1.82, 2.24) is 25.3 Å². The molecule has 4 aromatic rings. The molecular formula is C35H37FN6O5. The van der Waals surface area contributed by atoms with Crippen LogP contribution in [0.25, 0.3) is 11.1 Å². The van der Waals surface area contributed by atoms with Crippen LogP contribution in [0.15, 0.2) is 66.7 Å². The lowest BCUT2D eigenvalue weighted by atomic mass is 10.0. The molecule has 1 aromatic heterocycles. The van der Waals surface area contributed by atoms with Crippen LogP contribution in [-0.2, 0) is 22.7 Å². The minimum atomic E-state index is -0.668. The van der Waals surface area contributed by atoms with E-state index in [1.165, 1.54) is 12.1 Å². The van der Waals surface area contributed by atoms with Crippen molar-refractivity contribution in [3.8, 4) is 22.6 Å². The molecule has 0 saturated carbocycles. The minimum Gasteiger partial charge on any atom is -0.487 e. The number of hydrogen-bond donors (Lipinski definition) is 3. The van der Waals surface area contributed by atoms with Gasteiger partial charge in [0.25, 0.3) is 11.8 Å². The number of likely N-dealkylation sites (tertiary alicyclic amines) is 1. The van der Waals surface area contributed by atoms with Crippen molar-refractivity contribution in [2.75, 3.05) is 31.6 Å². The first kappa shape index (κ1) is 31.7. The van der Waals surface area contributed by atoms with E-state index in [0.717, 1.165) is 17.0 Å². The van der Waals surface area contributed by atoms with Gasteiger partial charge in [-0.05, 0) is 73.9 Å². The summed E-state index contributed by atoms with van der Waals surface area (Å²) in [7, 11) is 0. The van der Waals surface area contributed by atoms with E-state index in [2.05, 4.69) is 21.0 Å². The molecule has 2 atom stereocenters. The Morgan fingerprint density at radius 2 is 1.81 bits per heavy atom. The number of aromatic nitrogens is 2. The largest absolute Gasteiger partial charge is 0.487 e. The van der Waals surface area contributed by atoms with Crippen LogP contribution >= 0.6 is 0 Å². The molecule has 11 nitrogen and oxygen atoms in total. The number of amides is 3. The van der Waals surface area contributed by atoms with Crippen LogP contribution in [0, 0.1) is 19.7 Å². The van der Waals surface area contributed by atoms with Crippen LogP contribution in [0.4, 0.5) is 10.1 Å². The second kappa shape index (κ2) is 13.6. The Hall–Kier alpha value is -5.23. The van der Waals surface area contributed by atoms with Gasteiger partial charge < -0.3 is 25.4 Å². The predicted octanol–water partition coefficient (Wildman–Crippen LogP) is 3.83. The lowest BCUT2D eigenvalue weighted by Crippen LogP contribution is -2.45. The number of nitrogens with one attached hydrogen (secondary N) is 3. The van der Waals surface area contributed by atoms with Crippen LogP contribution in [-0.4, -0.2) is 70.8 Å². The summed E-state index contributed by atoms with van der Waals surface area (Å²) >= 11 is 0. The van der Waals surface area contributed by atoms with Gasteiger partial charge in [-0.25, -0.2) is 4.39 Å². The van der Waals surface area contributed by atoms with Crippen molar-refractivity contribution in [2.24, 2.45) is 0 Å². The van der Waals surface area contributed by atoms with E-state index in [1.54, 1.807) is 36.4 Å². The van der Waals surface area contributed by atoms with Gasteiger partial charge in [-0.2, -0.15) is 5.10 Å². The quantitative estimate of drug-likeness (QED) is 0.310. The molecule has 6 bridgehead atoms. The zero-order valence-electron chi connectivity index (χ0n) is 26.5. The van der Waals surface area contributed by atoms with Crippen LogP contribution in [0.5, 0.6) is 11.5 Å². The van der Waals surface area contributed by atoms with E-state index >= 15 is 4.39 Å². The molecule has 1 saturated heterocycles. The first-order valence-electron chi connectivity index (χ1n) is 15.6.